The SMILES string of the molecule is CC(C)CCOC(C)C(=O)NC1CCc2ccccc21. The number of carbonyl (C=O) groups is 1. The Balaban J connectivity index is 1.83. The zero-order valence-electron chi connectivity index (χ0n) is 12.7. The Kier molecular flexibility index (Phi) is 5.18. The van der Waals surface area contributed by atoms with Gasteiger partial charge in [-0.3, -0.25) is 4.79 Å². The van der Waals surface area contributed by atoms with Crippen LogP contribution < -0.4 is 5.32 Å². The number of carbonyl (C=O) groups excluding carboxylic acids is 1. The van der Waals surface area contributed by atoms with Crippen molar-refractivity contribution < 1.29 is 9.53 Å². The molecule has 0 fully saturated rings. The van der Waals surface area contributed by atoms with Gasteiger partial charge in [0.2, 0.25) is 5.91 Å². The molecular weight excluding hydrogens is 250 g/mol. The van der Waals surface area contributed by atoms with Gasteiger partial charge in [0.15, 0.2) is 0 Å². The summed E-state index contributed by atoms with van der Waals surface area (Å²) in [5, 5.41) is 3.11. The molecule has 0 radical (unpaired) electrons. The highest BCUT2D eigenvalue weighted by Crippen LogP contribution is 2.30. The fraction of sp³-hybridized carbons (Fsp3) is 0.588. The monoisotopic (exact) mass is 275 g/mol. The molecule has 1 aromatic rings. The molecule has 0 aliphatic heterocycles. The average molecular weight is 275 g/mol. The Morgan fingerprint density at radius 2 is 2.10 bits per heavy atom. The van der Waals surface area contributed by atoms with E-state index in [0.29, 0.717) is 12.5 Å². The van der Waals surface area contributed by atoms with E-state index < -0.39 is 0 Å². The average Bonchev–Trinajstić information content (AvgIpc) is 2.81. The molecule has 0 saturated heterocycles. The van der Waals surface area contributed by atoms with E-state index in [0.717, 1.165) is 19.3 Å². The summed E-state index contributed by atoms with van der Waals surface area (Å²) in [7, 11) is 0. The first-order valence-corrected chi connectivity index (χ1v) is 7.57. The van der Waals surface area contributed by atoms with Crippen molar-refractivity contribution in [2.45, 2.75) is 52.2 Å². The van der Waals surface area contributed by atoms with Crippen molar-refractivity contribution in [2.75, 3.05) is 6.61 Å². The van der Waals surface area contributed by atoms with Gasteiger partial charge in [-0.25, -0.2) is 0 Å². The minimum absolute atomic E-state index is 0.00420. The summed E-state index contributed by atoms with van der Waals surface area (Å²) < 4.78 is 5.60. The Labute approximate surface area is 121 Å². The molecule has 0 aromatic heterocycles. The van der Waals surface area contributed by atoms with Gasteiger partial charge in [0.05, 0.1) is 6.04 Å². The third-order valence-corrected chi connectivity index (χ3v) is 3.88. The summed E-state index contributed by atoms with van der Waals surface area (Å²) in [6.07, 6.45) is 2.65. The van der Waals surface area contributed by atoms with Gasteiger partial charge < -0.3 is 10.1 Å². The highest BCUT2D eigenvalue weighted by molar-refractivity contribution is 5.81. The molecule has 0 bridgehead atoms. The summed E-state index contributed by atoms with van der Waals surface area (Å²) in [6, 6.07) is 8.49. The van der Waals surface area contributed by atoms with Crippen molar-refractivity contribution in [3.63, 3.8) is 0 Å². The van der Waals surface area contributed by atoms with Crippen molar-refractivity contribution in [3.05, 3.63) is 35.4 Å². The minimum Gasteiger partial charge on any atom is -0.369 e. The second-order valence-electron chi connectivity index (χ2n) is 5.99. The third kappa shape index (κ3) is 3.83. The number of amides is 1. The zero-order chi connectivity index (χ0) is 14.5. The number of fused-ring (bicyclic) bond motifs is 1. The molecule has 1 aromatic carbocycles. The van der Waals surface area contributed by atoms with Crippen LogP contribution in [0.2, 0.25) is 0 Å². The van der Waals surface area contributed by atoms with Gasteiger partial charge in [0, 0.05) is 6.61 Å². The molecule has 0 heterocycles. The first-order chi connectivity index (χ1) is 9.58. The zero-order valence-corrected chi connectivity index (χ0v) is 12.7. The molecule has 3 nitrogen and oxygen atoms in total. The largest absolute Gasteiger partial charge is 0.369 e. The highest BCUT2D eigenvalue weighted by atomic mass is 16.5. The number of rotatable bonds is 6. The Morgan fingerprint density at radius 1 is 1.35 bits per heavy atom. The summed E-state index contributed by atoms with van der Waals surface area (Å²) >= 11 is 0. The Bertz CT molecular complexity index is 456. The lowest BCUT2D eigenvalue weighted by atomic mass is 10.1. The van der Waals surface area contributed by atoms with Crippen molar-refractivity contribution in [1.29, 1.82) is 0 Å². The van der Waals surface area contributed by atoms with Gasteiger partial charge in [-0.2, -0.15) is 0 Å². The van der Waals surface area contributed by atoms with E-state index in [1.807, 2.05) is 13.0 Å². The molecule has 20 heavy (non-hydrogen) atoms. The van der Waals surface area contributed by atoms with Crippen LogP contribution in [0, 0.1) is 5.92 Å². The first-order valence-electron chi connectivity index (χ1n) is 7.57. The molecule has 0 spiro atoms. The van der Waals surface area contributed by atoms with Crippen molar-refractivity contribution in [3.8, 4) is 0 Å². The fourth-order valence-electron chi connectivity index (χ4n) is 2.55. The molecular formula is C17H25NO2. The Hall–Kier alpha value is -1.35. The van der Waals surface area contributed by atoms with Crippen LogP contribution in [0.1, 0.15) is 50.8 Å². The maximum absolute atomic E-state index is 12.1. The summed E-state index contributed by atoms with van der Waals surface area (Å²) in [6.45, 7) is 6.79. The van der Waals surface area contributed by atoms with E-state index in [2.05, 4.69) is 37.4 Å². The van der Waals surface area contributed by atoms with Gasteiger partial charge in [0.25, 0.3) is 0 Å². The normalized spacial score (nSPS) is 18.9. The highest BCUT2D eigenvalue weighted by Gasteiger charge is 2.25. The van der Waals surface area contributed by atoms with Gasteiger partial charge >= 0.3 is 0 Å². The van der Waals surface area contributed by atoms with Crippen molar-refractivity contribution in [1.82, 2.24) is 5.32 Å². The molecule has 110 valence electrons. The van der Waals surface area contributed by atoms with Gasteiger partial charge in [0.1, 0.15) is 6.10 Å². The Morgan fingerprint density at radius 3 is 2.85 bits per heavy atom. The van der Waals surface area contributed by atoms with Crippen LogP contribution in [-0.4, -0.2) is 18.6 Å². The number of ether oxygens (including phenoxy) is 1. The topological polar surface area (TPSA) is 38.3 Å². The van der Waals surface area contributed by atoms with Crippen LogP contribution in [0.3, 0.4) is 0 Å². The molecule has 1 amide bonds. The summed E-state index contributed by atoms with van der Waals surface area (Å²) in [4.78, 5) is 12.1. The van der Waals surface area contributed by atoms with Crippen LogP contribution in [0.15, 0.2) is 24.3 Å². The molecule has 1 aliphatic carbocycles. The number of aryl methyl sites for hydroxylation is 1. The van der Waals surface area contributed by atoms with E-state index in [1.54, 1.807) is 0 Å². The lowest BCUT2D eigenvalue weighted by Gasteiger charge is -2.18. The van der Waals surface area contributed by atoms with Gasteiger partial charge in [-0.05, 0) is 43.2 Å². The lowest BCUT2D eigenvalue weighted by molar-refractivity contribution is -0.132. The molecule has 3 heteroatoms. The molecule has 2 rings (SSSR count). The van der Waals surface area contributed by atoms with E-state index >= 15 is 0 Å². The van der Waals surface area contributed by atoms with Crippen LogP contribution in [-0.2, 0) is 16.0 Å². The van der Waals surface area contributed by atoms with Crippen LogP contribution in [0.4, 0.5) is 0 Å². The summed E-state index contributed by atoms with van der Waals surface area (Å²) in [5.41, 5.74) is 2.61. The lowest BCUT2D eigenvalue weighted by Crippen LogP contribution is -2.36. The maximum atomic E-state index is 12.1. The van der Waals surface area contributed by atoms with Crippen molar-refractivity contribution >= 4 is 5.91 Å². The van der Waals surface area contributed by atoms with Gasteiger partial charge in [-0.1, -0.05) is 38.1 Å². The number of hydrogen-bond acceptors (Lipinski definition) is 2. The number of hydrogen-bond donors (Lipinski definition) is 1. The third-order valence-electron chi connectivity index (χ3n) is 3.88. The van der Waals surface area contributed by atoms with Crippen molar-refractivity contribution in [2.24, 2.45) is 5.92 Å². The van der Waals surface area contributed by atoms with Crippen LogP contribution >= 0.6 is 0 Å². The smallest absolute Gasteiger partial charge is 0.249 e. The predicted molar refractivity (Wildman–Crippen MR) is 80.5 cm³/mol. The number of benzene rings is 1. The van der Waals surface area contributed by atoms with Gasteiger partial charge in [-0.15, -0.1) is 0 Å². The van der Waals surface area contributed by atoms with E-state index in [4.69, 9.17) is 4.74 Å². The molecule has 1 aliphatic rings. The van der Waals surface area contributed by atoms with E-state index in [9.17, 15) is 4.79 Å². The predicted octanol–water partition coefficient (Wildman–Crippen LogP) is 3.24. The van der Waals surface area contributed by atoms with Crippen LogP contribution in [0.25, 0.3) is 0 Å². The molecule has 0 saturated carbocycles. The molecule has 2 atom stereocenters. The fourth-order valence-corrected chi connectivity index (χ4v) is 2.55. The van der Waals surface area contributed by atoms with E-state index in [1.165, 1.54) is 11.1 Å². The standard InChI is InChI=1S/C17H25NO2/c1-12(2)10-11-20-13(3)17(19)18-16-9-8-14-6-4-5-7-15(14)16/h4-7,12-13,16H,8-11H2,1-3H3,(H,18,19). The molecule has 1 N–H and O–H groups in total. The molecule has 2 unspecified atom stereocenters. The first kappa shape index (κ1) is 15.0. The maximum Gasteiger partial charge on any atom is 0.249 e. The summed E-state index contributed by atoms with van der Waals surface area (Å²) in [5.74, 6) is 0.599. The second kappa shape index (κ2) is 6.89. The number of nitrogens with one attached hydrogen (secondary N) is 1. The van der Waals surface area contributed by atoms with Crippen LogP contribution in [0.5, 0.6) is 0 Å². The minimum atomic E-state index is -0.374. The van der Waals surface area contributed by atoms with E-state index in [-0.39, 0.29) is 18.1 Å². The quantitative estimate of drug-likeness (QED) is 0.865. The second-order valence-corrected chi connectivity index (χ2v) is 5.99.